The fraction of sp³-hybridized carbons (Fsp3) is 0.526. The van der Waals surface area contributed by atoms with Crippen molar-refractivity contribution in [3.05, 3.63) is 34.8 Å². The summed E-state index contributed by atoms with van der Waals surface area (Å²) in [5.74, 6) is -0.531. The van der Waals surface area contributed by atoms with Gasteiger partial charge in [-0.25, -0.2) is 0 Å². The van der Waals surface area contributed by atoms with Gasteiger partial charge in [0.2, 0.25) is 5.91 Å². The third kappa shape index (κ3) is 4.88. The lowest BCUT2D eigenvalue weighted by Gasteiger charge is -2.32. The summed E-state index contributed by atoms with van der Waals surface area (Å²) >= 11 is 0. The average Bonchev–Trinajstić information content (AvgIpc) is 2.78. The van der Waals surface area contributed by atoms with Gasteiger partial charge in [0.25, 0.3) is 0 Å². The van der Waals surface area contributed by atoms with Crippen LogP contribution in [0, 0.1) is 0 Å². The molecule has 0 radical (unpaired) electrons. The predicted molar refractivity (Wildman–Crippen MR) is 101 cm³/mol. The number of carbonyl (C=O) groups is 1. The molecule has 5 nitrogen and oxygen atoms in total. The second kappa shape index (κ2) is 7.79. The molecule has 0 atom stereocenters. The molecule has 154 valence electrons. The molecule has 0 bridgehead atoms. The highest BCUT2D eigenvalue weighted by Gasteiger charge is 2.52. The summed E-state index contributed by atoms with van der Waals surface area (Å²) < 4.78 is 56.7. The summed E-state index contributed by atoms with van der Waals surface area (Å²) in [6.45, 7) is 8.93. The molecule has 1 aliphatic rings. The number of carbonyl (C=O) groups excluding carboxylic acids is 1. The van der Waals surface area contributed by atoms with Crippen LogP contribution in [0.1, 0.15) is 45.7 Å². The van der Waals surface area contributed by atoms with Gasteiger partial charge in [0.1, 0.15) is 5.75 Å². The van der Waals surface area contributed by atoms with E-state index in [0.717, 1.165) is 6.07 Å². The van der Waals surface area contributed by atoms with Crippen molar-refractivity contribution >= 4 is 19.1 Å². The lowest BCUT2D eigenvalue weighted by molar-refractivity contribution is -0.138. The van der Waals surface area contributed by atoms with Crippen LogP contribution >= 0.6 is 0 Å². The summed E-state index contributed by atoms with van der Waals surface area (Å²) in [6, 6.07) is 3.76. The number of halogens is 3. The van der Waals surface area contributed by atoms with E-state index in [9.17, 15) is 18.0 Å². The Kier molecular flexibility index (Phi) is 6.20. The number of amides is 1. The average molecular weight is 399 g/mol. The number of nitrogens with one attached hydrogen (secondary N) is 1. The van der Waals surface area contributed by atoms with Crippen molar-refractivity contribution in [2.24, 2.45) is 0 Å². The molecule has 0 spiro atoms. The number of ether oxygens (including phenoxy) is 1. The third-order valence-corrected chi connectivity index (χ3v) is 4.98. The van der Waals surface area contributed by atoms with Gasteiger partial charge in [-0.1, -0.05) is 12.1 Å². The number of methoxy groups -OCH3 is 1. The summed E-state index contributed by atoms with van der Waals surface area (Å²) in [4.78, 5) is 11.4. The molecule has 1 heterocycles. The molecule has 1 aromatic rings. The molecule has 28 heavy (non-hydrogen) atoms. The Bertz CT molecular complexity index is 759. The summed E-state index contributed by atoms with van der Waals surface area (Å²) in [5, 5.41) is 2.65. The van der Waals surface area contributed by atoms with E-state index in [-0.39, 0.29) is 18.2 Å². The Morgan fingerprint density at radius 3 is 2.25 bits per heavy atom. The zero-order valence-electron chi connectivity index (χ0n) is 16.9. The van der Waals surface area contributed by atoms with Crippen molar-refractivity contribution in [2.75, 3.05) is 13.7 Å². The maximum absolute atomic E-state index is 13.3. The van der Waals surface area contributed by atoms with Gasteiger partial charge in [0.05, 0.1) is 23.9 Å². The minimum Gasteiger partial charge on any atom is -0.496 e. The van der Waals surface area contributed by atoms with Crippen LogP contribution in [0.15, 0.2) is 23.7 Å². The highest BCUT2D eigenvalue weighted by molar-refractivity contribution is 6.56. The second-order valence-electron chi connectivity index (χ2n) is 7.67. The standard InChI is InChI=1S/C19H25BF3NO4/c1-12(25)24-11-14(20-27-17(2,3)18(4,5)28-20)9-13-7-8-16(26-6)15(10-13)19(21,22)23/h7-10H,11H2,1-6H3,(H,24,25). The van der Waals surface area contributed by atoms with Gasteiger partial charge in [-0.05, 0) is 50.9 Å². The van der Waals surface area contributed by atoms with Crippen molar-refractivity contribution in [3.63, 3.8) is 0 Å². The zero-order chi connectivity index (χ0) is 21.3. The van der Waals surface area contributed by atoms with Crippen LogP contribution in [0.3, 0.4) is 0 Å². The smallest absolute Gasteiger partial charge is 0.492 e. The molecule has 1 aromatic carbocycles. The van der Waals surface area contributed by atoms with E-state index in [1.165, 1.54) is 32.2 Å². The van der Waals surface area contributed by atoms with E-state index >= 15 is 0 Å². The van der Waals surface area contributed by atoms with Crippen LogP contribution in [0.5, 0.6) is 5.75 Å². The van der Waals surface area contributed by atoms with Crippen LogP contribution in [-0.2, 0) is 20.3 Å². The number of alkyl halides is 3. The first-order valence-corrected chi connectivity index (χ1v) is 8.82. The predicted octanol–water partition coefficient (Wildman–Crippen LogP) is 3.86. The Morgan fingerprint density at radius 2 is 1.79 bits per heavy atom. The summed E-state index contributed by atoms with van der Waals surface area (Å²) in [6.07, 6.45) is -3.02. The molecule has 2 rings (SSSR count). The zero-order valence-corrected chi connectivity index (χ0v) is 16.9. The summed E-state index contributed by atoms with van der Waals surface area (Å²) in [7, 11) is 0.389. The Labute approximate surface area is 163 Å². The molecule has 1 aliphatic heterocycles. The van der Waals surface area contributed by atoms with Gasteiger partial charge in [-0.15, -0.1) is 0 Å². The fourth-order valence-electron chi connectivity index (χ4n) is 2.67. The first kappa shape index (κ1) is 22.3. The molecule has 0 unspecified atom stereocenters. The van der Waals surface area contributed by atoms with Gasteiger partial charge in [0.15, 0.2) is 0 Å². The van der Waals surface area contributed by atoms with E-state index in [1.807, 2.05) is 27.7 Å². The van der Waals surface area contributed by atoms with Gasteiger partial charge in [-0.2, -0.15) is 13.2 Å². The first-order valence-electron chi connectivity index (χ1n) is 8.82. The number of benzene rings is 1. The minimum atomic E-state index is -4.56. The second-order valence-corrected chi connectivity index (χ2v) is 7.67. The molecule has 0 saturated carbocycles. The van der Waals surface area contributed by atoms with E-state index in [2.05, 4.69) is 5.32 Å². The summed E-state index contributed by atoms with van der Waals surface area (Å²) in [5.41, 5.74) is -1.32. The molecule has 0 aliphatic carbocycles. The number of rotatable bonds is 5. The highest BCUT2D eigenvalue weighted by Crippen LogP contribution is 2.40. The molecule has 1 saturated heterocycles. The minimum absolute atomic E-state index is 0.0829. The van der Waals surface area contributed by atoms with Crippen LogP contribution < -0.4 is 10.1 Å². The SMILES string of the molecule is COc1ccc(C=C(CNC(C)=O)B2OC(C)(C)C(C)(C)O2)cc1C(F)(F)F. The quantitative estimate of drug-likeness (QED) is 0.764. The Hall–Kier alpha value is -2.00. The van der Waals surface area contributed by atoms with Crippen molar-refractivity contribution in [1.29, 1.82) is 0 Å². The van der Waals surface area contributed by atoms with E-state index in [4.69, 9.17) is 14.0 Å². The molecule has 0 aromatic heterocycles. The Morgan fingerprint density at radius 1 is 1.21 bits per heavy atom. The molecule has 1 N–H and O–H groups in total. The van der Waals surface area contributed by atoms with E-state index in [1.54, 1.807) is 0 Å². The van der Waals surface area contributed by atoms with Crippen molar-refractivity contribution in [2.45, 2.75) is 52.0 Å². The number of hydrogen-bond acceptors (Lipinski definition) is 4. The van der Waals surface area contributed by atoms with Crippen LogP contribution in [0.25, 0.3) is 6.08 Å². The normalized spacial score (nSPS) is 18.9. The third-order valence-electron chi connectivity index (χ3n) is 4.98. The lowest BCUT2D eigenvalue weighted by Crippen LogP contribution is -2.41. The molecule has 1 fully saturated rings. The van der Waals surface area contributed by atoms with Crippen molar-refractivity contribution < 1.29 is 32.0 Å². The van der Waals surface area contributed by atoms with Gasteiger partial charge < -0.3 is 19.4 Å². The largest absolute Gasteiger partial charge is 0.496 e. The van der Waals surface area contributed by atoms with Crippen LogP contribution in [0.4, 0.5) is 13.2 Å². The lowest BCUT2D eigenvalue weighted by atomic mass is 9.77. The van der Waals surface area contributed by atoms with Crippen LogP contribution in [-0.4, -0.2) is 37.9 Å². The molecular weight excluding hydrogens is 374 g/mol. The number of hydrogen-bond donors (Lipinski definition) is 1. The topological polar surface area (TPSA) is 56.8 Å². The van der Waals surface area contributed by atoms with Gasteiger partial charge >= 0.3 is 13.3 Å². The van der Waals surface area contributed by atoms with E-state index < -0.39 is 30.1 Å². The molecular formula is C19H25BF3NO4. The van der Waals surface area contributed by atoms with Crippen molar-refractivity contribution in [3.8, 4) is 5.75 Å². The Balaban J connectivity index is 2.44. The maximum Gasteiger partial charge on any atom is 0.492 e. The van der Waals surface area contributed by atoms with Crippen molar-refractivity contribution in [1.82, 2.24) is 5.32 Å². The van der Waals surface area contributed by atoms with Crippen LogP contribution in [0.2, 0.25) is 0 Å². The van der Waals surface area contributed by atoms with Gasteiger partial charge in [-0.3, -0.25) is 4.79 Å². The van der Waals surface area contributed by atoms with E-state index in [0.29, 0.717) is 11.0 Å². The maximum atomic E-state index is 13.3. The molecule has 9 heteroatoms. The first-order chi connectivity index (χ1) is 12.8. The molecule has 1 amide bonds. The fourth-order valence-corrected chi connectivity index (χ4v) is 2.67. The van der Waals surface area contributed by atoms with Gasteiger partial charge in [0, 0.05) is 13.5 Å². The highest BCUT2D eigenvalue weighted by atomic mass is 19.4. The monoisotopic (exact) mass is 399 g/mol.